The Morgan fingerprint density at radius 3 is 2.39 bits per heavy atom. The van der Waals surface area contributed by atoms with E-state index in [4.69, 9.17) is 4.74 Å². The van der Waals surface area contributed by atoms with Gasteiger partial charge < -0.3 is 9.30 Å². The van der Waals surface area contributed by atoms with Crippen LogP contribution in [0.3, 0.4) is 0 Å². The number of aromatic nitrogens is 1. The summed E-state index contributed by atoms with van der Waals surface area (Å²) in [6.07, 6.45) is 0. The summed E-state index contributed by atoms with van der Waals surface area (Å²) in [6.45, 7) is 4.43. The molecule has 0 unspecified atom stereocenters. The molecule has 2 aromatic rings. The van der Waals surface area contributed by atoms with Crippen molar-refractivity contribution >= 4 is 0 Å². The maximum Gasteiger partial charge on any atom is 0.253 e. The highest BCUT2D eigenvalue weighted by atomic mass is 16.5. The van der Waals surface area contributed by atoms with Crippen molar-refractivity contribution in [1.82, 2.24) is 4.57 Å². The van der Waals surface area contributed by atoms with Crippen LogP contribution in [-0.2, 0) is 7.05 Å². The first-order valence-corrected chi connectivity index (χ1v) is 6.03. The number of ether oxygens (including phenoxy) is 1. The van der Waals surface area contributed by atoms with E-state index >= 15 is 0 Å². The van der Waals surface area contributed by atoms with Gasteiger partial charge in [0, 0.05) is 12.6 Å². The van der Waals surface area contributed by atoms with Crippen LogP contribution in [0.15, 0.2) is 41.2 Å². The SMILES string of the molecule is CCOc1ccc(-c2ccc(C)c(=O)n2C)cc1. The van der Waals surface area contributed by atoms with E-state index in [0.717, 1.165) is 22.6 Å². The van der Waals surface area contributed by atoms with E-state index in [0.29, 0.717) is 6.61 Å². The lowest BCUT2D eigenvalue weighted by Crippen LogP contribution is -2.20. The van der Waals surface area contributed by atoms with Crippen LogP contribution < -0.4 is 10.3 Å². The third-order valence-corrected chi connectivity index (χ3v) is 2.96. The van der Waals surface area contributed by atoms with Crippen molar-refractivity contribution in [2.45, 2.75) is 13.8 Å². The number of pyridine rings is 1. The molecule has 0 fully saturated rings. The topological polar surface area (TPSA) is 31.2 Å². The molecule has 1 aromatic carbocycles. The van der Waals surface area contributed by atoms with Crippen LogP contribution >= 0.6 is 0 Å². The second kappa shape index (κ2) is 5.08. The molecule has 0 N–H and O–H groups in total. The van der Waals surface area contributed by atoms with E-state index in [1.807, 2.05) is 50.2 Å². The number of nitrogens with zero attached hydrogens (tertiary/aromatic N) is 1. The van der Waals surface area contributed by atoms with Crippen molar-refractivity contribution in [3.8, 4) is 17.0 Å². The lowest BCUT2D eigenvalue weighted by atomic mass is 10.1. The van der Waals surface area contributed by atoms with Crippen LogP contribution in [0.5, 0.6) is 5.75 Å². The largest absolute Gasteiger partial charge is 0.494 e. The summed E-state index contributed by atoms with van der Waals surface area (Å²) in [5.74, 6) is 0.846. The van der Waals surface area contributed by atoms with Gasteiger partial charge in [-0.1, -0.05) is 6.07 Å². The van der Waals surface area contributed by atoms with Gasteiger partial charge in [0.15, 0.2) is 0 Å². The normalized spacial score (nSPS) is 10.4. The number of aryl methyl sites for hydroxylation is 1. The predicted octanol–water partition coefficient (Wildman–Crippen LogP) is 2.76. The standard InChI is InChI=1S/C15H17NO2/c1-4-18-13-8-6-12(7-9-13)14-10-5-11(2)15(17)16(14)3/h5-10H,4H2,1-3H3. The van der Waals surface area contributed by atoms with E-state index in [2.05, 4.69) is 0 Å². The monoisotopic (exact) mass is 243 g/mol. The molecule has 0 spiro atoms. The molecule has 0 aliphatic heterocycles. The first-order valence-electron chi connectivity index (χ1n) is 6.03. The Hall–Kier alpha value is -2.03. The number of hydrogen-bond donors (Lipinski definition) is 0. The third-order valence-electron chi connectivity index (χ3n) is 2.96. The molecule has 3 nitrogen and oxygen atoms in total. The lowest BCUT2D eigenvalue weighted by Gasteiger charge is -2.10. The molecular formula is C15H17NO2. The average molecular weight is 243 g/mol. The minimum atomic E-state index is 0.0429. The zero-order chi connectivity index (χ0) is 13.1. The van der Waals surface area contributed by atoms with Crippen LogP contribution in [0.1, 0.15) is 12.5 Å². The smallest absolute Gasteiger partial charge is 0.253 e. The zero-order valence-corrected chi connectivity index (χ0v) is 10.9. The molecule has 0 atom stereocenters. The molecule has 2 rings (SSSR count). The fourth-order valence-corrected chi connectivity index (χ4v) is 1.94. The van der Waals surface area contributed by atoms with Gasteiger partial charge in [0.1, 0.15) is 5.75 Å². The van der Waals surface area contributed by atoms with E-state index in [-0.39, 0.29) is 5.56 Å². The molecule has 0 radical (unpaired) electrons. The van der Waals surface area contributed by atoms with Crippen molar-refractivity contribution in [3.63, 3.8) is 0 Å². The van der Waals surface area contributed by atoms with Gasteiger partial charge >= 0.3 is 0 Å². The Balaban J connectivity index is 2.43. The van der Waals surface area contributed by atoms with Crippen LogP contribution in [0.2, 0.25) is 0 Å². The summed E-state index contributed by atoms with van der Waals surface area (Å²) in [6, 6.07) is 11.6. The summed E-state index contributed by atoms with van der Waals surface area (Å²) >= 11 is 0. The van der Waals surface area contributed by atoms with Crippen LogP contribution in [-0.4, -0.2) is 11.2 Å². The van der Waals surface area contributed by atoms with Crippen LogP contribution in [0.25, 0.3) is 11.3 Å². The molecule has 1 heterocycles. The summed E-state index contributed by atoms with van der Waals surface area (Å²) in [4.78, 5) is 11.9. The highest BCUT2D eigenvalue weighted by Crippen LogP contribution is 2.21. The van der Waals surface area contributed by atoms with Gasteiger partial charge in [-0.2, -0.15) is 0 Å². The number of benzene rings is 1. The lowest BCUT2D eigenvalue weighted by molar-refractivity contribution is 0.340. The van der Waals surface area contributed by atoms with E-state index in [9.17, 15) is 4.79 Å². The number of rotatable bonds is 3. The first kappa shape index (κ1) is 12.4. The first-order chi connectivity index (χ1) is 8.63. The van der Waals surface area contributed by atoms with Gasteiger partial charge in [0.2, 0.25) is 0 Å². The molecule has 3 heteroatoms. The van der Waals surface area contributed by atoms with Crippen molar-refractivity contribution in [1.29, 1.82) is 0 Å². The molecule has 0 amide bonds. The molecule has 0 aliphatic rings. The molecule has 0 bridgehead atoms. The summed E-state index contributed by atoms with van der Waals surface area (Å²) in [5, 5.41) is 0. The highest BCUT2D eigenvalue weighted by molar-refractivity contribution is 5.60. The molecular weight excluding hydrogens is 226 g/mol. The Bertz CT molecular complexity index is 597. The van der Waals surface area contributed by atoms with Crippen molar-refractivity contribution in [2.24, 2.45) is 7.05 Å². The highest BCUT2D eigenvalue weighted by Gasteiger charge is 2.05. The summed E-state index contributed by atoms with van der Waals surface area (Å²) < 4.78 is 7.07. The third kappa shape index (κ3) is 2.30. The van der Waals surface area contributed by atoms with Crippen molar-refractivity contribution < 1.29 is 4.74 Å². The Morgan fingerprint density at radius 1 is 1.11 bits per heavy atom. The van der Waals surface area contributed by atoms with E-state index in [1.165, 1.54) is 0 Å². The molecule has 0 saturated heterocycles. The minimum Gasteiger partial charge on any atom is -0.494 e. The maximum absolute atomic E-state index is 11.9. The van der Waals surface area contributed by atoms with Gasteiger partial charge in [0.05, 0.1) is 12.3 Å². The number of hydrogen-bond acceptors (Lipinski definition) is 2. The van der Waals surface area contributed by atoms with E-state index < -0.39 is 0 Å². The van der Waals surface area contributed by atoms with Crippen LogP contribution in [0.4, 0.5) is 0 Å². The molecule has 18 heavy (non-hydrogen) atoms. The van der Waals surface area contributed by atoms with Gasteiger partial charge in [-0.3, -0.25) is 4.79 Å². The van der Waals surface area contributed by atoms with Gasteiger partial charge in [-0.15, -0.1) is 0 Å². The van der Waals surface area contributed by atoms with Crippen LogP contribution in [0, 0.1) is 6.92 Å². The molecule has 0 aliphatic carbocycles. The zero-order valence-electron chi connectivity index (χ0n) is 10.9. The second-order valence-electron chi connectivity index (χ2n) is 4.22. The fourth-order valence-electron chi connectivity index (χ4n) is 1.94. The van der Waals surface area contributed by atoms with Crippen molar-refractivity contribution in [2.75, 3.05) is 6.61 Å². The molecule has 0 saturated carbocycles. The average Bonchev–Trinajstić information content (AvgIpc) is 2.38. The minimum absolute atomic E-state index is 0.0429. The van der Waals surface area contributed by atoms with Gasteiger partial charge in [0.25, 0.3) is 5.56 Å². The Kier molecular flexibility index (Phi) is 3.51. The fraction of sp³-hybridized carbons (Fsp3) is 0.267. The van der Waals surface area contributed by atoms with Gasteiger partial charge in [-0.05, 0) is 49.7 Å². The predicted molar refractivity (Wildman–Crippen MR) is 73.0 cm³/mol. The summed E-state index contributed by atoms with van der Waals surface area (Å²) in [5.41, 5.74) is 2.72. The van der Waals surface area contributed by atoms with Gasteiger partial charge in [-0.25, -0.2) is 0 Å². The summed E-state index contributed by atoms with van der Waals surface area (Å²) in [7, 11) is 1.79. The second-order valence-corrected chi connectivity index (χ2v) is 4.22. The maximum atomic E-state index is 11.9. The Morgan fingerprint density at radius 2 is 1.78 bits per heavy atom. The van der Waals surface area contributed by atoms with E-state index in [1.54, 1.807) is 11.6 Å². The molecule has 1 aromatic heterocycles. The Labute approximate surface area is 107 Å². The molecule has 94 valence electrons. The quantitative estimate of drug-likeness (QED) is 0.830. The van der Waals surface area contributed by atoms with Crippen molar-refractivity contribution in [3.05, 3.63) is 52.3 Å².